The number of nitrogens with zero attached hydrogens (tertiary/aromatic N) is 1. The Morgan fingerprint density at radius 2 is 1.75 bits per heavy atom. The maximum atomic E-state index is 13.1. The number of carboxylic acid groups (broad SMARTS) is 1. The summed E-state index contributed by atoms with van der Waals surface area (Å²) in [6, 6.07) is 12.6. The Morgan fingerprint density at radius 1 is 1.11 bits per heavy atom. The van der Waals surface area contributed by atoms with Crippen molar-refractivity contribution in [2.75, 3.05) is 5.09 Å². The summed E-state index contributed by atoms with van der Waals surface area (Å²) in [6.07, 6.45) is 0. The zero-order chi connectivity index (χ0) is 26.9. The Balaban J connectivity index is 1.89. The Hall–Kier alpha value is -3.18. The third-order valence-electron chi connectivity index (χ3n) is 5.23. The summed E-state index contributed by atoms with van der Waals surface area (Å²) < 4.78 is 46.5. The Kier molecular flexibility index (Phi) is 7.66. The van der Waals surface area contributed by atoms with E-state index in [-0.39, 0.29) is 33.7 Å². The Labute approximate surface area is 212 Å². The summed E-state index contributed by atoms with van der Waals surface area (Å²) in [7, 11) is -5.22. The molecule has 5 N–H and O–H groups in total. The molecule has 0 fully saturated rings. The molecule has 0 spiro atoms. The molecule has 0 aliphatic rings. The second kappa shape index (κ2) is 10.1. The molecule has 1 unspecified atom stereocenters. The van der Waals surface area contributed by atoms with Crippen molar-refractivity contribution in [3.8, 4) is 16.2 Å². The van der Waals surface area contributed by atoms with Gasteiger partial charge in [0.15, 0.2) is 0 Å². The van der Waals surface area contributed by atoms with Crippen LogP contribution in [0.25, 0.3) is 10.4 Å². The first-order valence-electron chi connectivity index (χ1n) is 10.5. The Morgan fingerprint density at radius 3 is 2.31 bits per heavy atom. The van der Waals surface area contributed by atoms with Crippen LogP contribution in [0.3, 0.4) is 0 Å². The van der Waals surface area contributed by atoms with Crippen LogP contribution in [0.5, 0.6) is 5.75 Å². The van der Waals surface area contributed by atoms with Crippen LogP contribution in [0.15, 0.2) is 59.0 Å². The van der Waals surface area contributed by atoms with Gasteiger partial charge in [0.25, 0.3) is 0 Å². The van der Waals surface area contributed by atoms with Gasteiger partial charge in [0.2, 0.25) is 0 Å². The zero-order valence-electron chi connectivity index (χ0n) is 19.9. The van der Waals surface area contributed by atoms with E-state index >= 15 is 0 Å². The zero-order valence-corrected chi connectivity index (χ0v) is 22.4. The van der Waals surface area contributed by atoms with E-state index in [4.69, 9.17) is 5.11 Å². The van der Waals surface area contributed by atoms with Crippen LogP contribution in [-0.2, 0) is 19.7 Å². The Bertz CT molecular complexity index is 1470. The highest BCUT2D eigenvalue weighted by Gasteiger charge is 2.37. The average molecular weight is 552 g/mol. The molecule has 3 aromatic rings. The summed E-state index contributed by atoms with van der Waals surface area (Å²) in [6.45, 7) is 2.88. The number of nitrogens with one attached hydrogen (secondary N) is 2. The van der Waals surface area contributed by atoms with Gasteiger partial charge in [0, 0.05) is 11.1 Å². The highest BCUT2D eigenvalue weighted by molar-refractivity contribution is 8.49. The van der Waals surface area contributed by atoms with Crippen molar-refractivity contribution in [3.05, 3.63) is 70.6 Å². The number of aromatic carboxylic acids is 1. The second-order valence-electron chi connectivity index (χ2n) is 8.95. The first-order valence-corrected chi connectivity index (χ1v) is 15.2. The van der Waals surface area contributed by atoms with Gasteiger partial charge in [0.05, 0.1) is 21.7 Å². The van der Waals surface area contributed by atoms with Crippen LogP contribution in [0.2, 0.25) is 0 Å². The van der Waals surface area contributed by atoms with Crippen molar-refractivity contribution >= 4 is 45.1 Å². The van der Waals surface area contributed by atoms with E-state index in [9.17, 15) is 27.4 Å². The lowest BCUT2D eigenvalue weighted by Gasteiger charge is -2.19. The second-order valence-corrected chi connectivity index (χ2v) is 15.2. The minimum atomic E-state index is -5.22. The third kappa shape index (κ3) is 5.96. The largest absolute Gasteiger partial charge is 0.506 e. The molecular weight excluding hydrogens is 525 g/mol. The maximum absolute atomic E-state index is 13.1. The van der Waals surface area contributed by atoms with E-state index in [1.54, 1.807) is 5.38 Å². The molecule has 0 radical (unpaired) electrons. The lowest BCUT2D eigenvalue weighted by Crippen LogP contribution is -2.19. The fourth-order valence-electron chi connectivity index (χ4n) is 3.16. The molecular formula is C23H26N3O7PS2. The standard InChI is InChI=1S/C23H26N3O7PS2/c1-14(19-13-35-21(20(19)27)15-8-10-17(11-9-15)23(2,3)4)24-26-34(30,36(31,32)33)25-18-7-5-6-16(12-18)22(28)29/h5-13,27H,1-4H3,(H,28,29)(H2,25,26,30)(H,31,32,33)/b24-14+. The molecule has 1 aromatic heterocycles. The fourth-order valence-corrected chi connectivity index (χ4v) is 6.30. The number of hydrogen-bond acceptors (Lipinski definition) is 7. The third-order valence-corrected chi connectivity index (χ3v) is 10.3. The molecule has 3 rings (SSSR count). The van der Waals surface area contributed by atoms with Crippen LogP contribution >= 0.6 is 18.0 Å². The number of anilines is 1. The van der Waals surface area contributed by atoms with E-state index < -0.39 is 22.4 Å². The smallest absolute Gasteiger partial charge is 0.412 e. The van der Waals surface area contributed by atoms with Gasteiger partial charge in [-0.1, -0.05) is 51.1 Å². The monoisotopic (exact) mass is 551 g/mol. The molecule has 0 amide bonds. The first kappa shape index (κ1) is 27.4. The lowest BCUT2D eigenvalue weighted by atomic mass is 9.86. The lowest BCUT2D eigenvalue weighted by molar-refractivity contribution is 0.0697. The molecule has 0 aliphatic carbocycles. The maximum Gasteiger partial charge on any atom is 0.412 e. The molecule has 13 heteroatoms. The molecule has 0 aliphatic heterocycles. The van der Waals surface area contributed by atoms with Gasteiger partial charge in [-0.2, -0.15) is 13.5 Å². The molecule has 0 bridgehead atoms. The number of thiophene rings is 1. The van der Waals surface area contributed by atoms with Gasteiger partial charge in [-0.15, -0.1) is 11.3 Å². The number of carboxylic acids is 1. The summed E-state index contributed by atoms with van der Waals surface area (Å²) >= 11 is 1.25. The van der Waals surface area contributed by atoms with Gasteiger partial charge in [-0.3, -0.25) is 9.12 Å². The van der Waals surface area contributed by atoms with Gasteiger partial charge in [-0.25, -0.2) is 9.99 Å². The summed E-state index contributed by atoms with van der Waals surface area (Å²) in [5.74, 6) is -1.37. The summed E-state index contributed by atoms with van der Waals surface area (Å²) in [5, 5.41) is 29.4. The van der Waals surface area contributed by atoms with Crippen LogP contribution in [0.4, 0.5) is 5.69 Å². The van der Waals surface area contributed by atoms with Gasteiger partial charge < -0.3 is 15.3 Å². The number of hydrogen-bond donors (Lipinski definition) is 5. The van der Waals surface area contributed by atoms with Crippen LogP contribution < -0.4 is 10.3 Å². The molecule has 2 aromatic carbocycles. The number of benzene rings is 2. The van der Waals surface area contributed by atoms with Gasteiger partial charge in [-0.05, 0) is 41.7 Å². The number of carbonyl (C=O) groups is 1. The average Bonchev–Trinajstić information content (AvgIpc) is 3.17. The van der Waals surface area contributed by atoms with Crippen molar-refractivity contribution in [1.29, 1.82) is 0 Å². The first-order chi connectivity index (χ1) is 16.6. The van der Waals surface area contributed by atoms with E-state index in [0.29, 0.717) is 4.88 Å². The topological polar surface area (TPSA) is 165 Å². The fraction of sp³-hybridized carbons (Fsp3) is 0.217. The molecule has 1 atom stereocenters. The van der Waals surface area contributed by atoms with E-state index in [2.05, 4.69) is 31.0 Å². The van der Waals surface area contributed by atoms with Crippen molar-refractivity contribution in [2.45, 2.75) is 33.1 Å². The molecule has 0 saturated carbocycles. The van der Waals surface area contributed by atoms with Crippen LogP contribution in [0, 0.1) is 0 Å². The van der Waals surface area contributed by atoms with Crippen molar-refractivity contribution in [3.63, 3.8) is 0 Å². The SMILES string of the molecule is C/C(=N\NP(=O)(Nc1cccc(C(=O)O)c1)S(=O)(=O)O)c1csc(-c2ccc(C(C)(C)C)cc2)c1O. The minimum Gasteiger partial charge on any atom is -0.506 e. The predicted molar refractivity (Wildman–Crippen MR) is 142 cm³/mol. The predicted octanol–water partition coefficient (Wildman–Crippen LogP) is 5.54. The van der Waals surface area contributed by atoms with Gasteiger partial charge >= 0.3 is 22.4 Å². The number of hydrazone groups is 1. The number of rotatable bonds is 8. The quantitative estimate of drug-likeness (QED) is 0.105. The van der Waals surface area contributed by atoms with Crippen molar-refractivity contribution < 1.29 is 32.5 Å². The minimum absolute atomic E-state index is 0.0277. The van der Waals surface area contributed by atoms with Crippen molar-refractivity contribution in [2.24, 2.45) is 5.10 Å². The molecule has 36 heavy (non-hydrogen) atoms. The highest BCUT2D eigenvalue weighted by atomic mass is 32.8. The summed E-state index contributed by atoms with van der Waals surface area (Å²) in [4.78, 5) is 11.7. The highest BCUT2D eigenvalue weighted by Crippen LogP contribution is 2.47. The molecule has 192 valence electrons. The number of aromatic hydroxyl groups is 1. The normalized spacial score (nSPS) is 14.2. The van der Waals surface area contributed by atoms with Crippen molar-refractivity contribution in [1.82, 2.24) is 5.20 Å². The van der Waals surface area contributed by atoms with E-state index in [0.717, 1.165) is 17.2 Å². The van der Waals surface area contributed by atoms with E-state index in [1.807, 2.05) is 29.5 Å². The van der Waals surface area contributed by atoms with Gasteiger partial charge in [0.1, 0.15) is 5.75 Å². The van der Waals surface area contributed by atoms with Crippen LogP contribution in [-0.4, -0.2) is 34.9 Å². The summed E-state index contributed by atoms with van der Waals surface area (Å²) in [5.41, 5.74) is 1.94. The van der Waals surface area contributed by atoms with Crippen LogP contribution in [0.1, 0.15) is 49.2 Å². The molecule has 10 nitrogen and oxygen atoms in total. The molecule has 1 heterocycles. The van der Waals surface area contributed by atoms with E-state index in [1.165, 1.54) is 36.5 Å². The molecule has 0 saturated heterocycles.